The summed E-state index contributed by atoms with van der Waals surface area (Å²) in [6.07, 6.45) is 1.96. The minimum absolute atomic E-state index is 0.0180. The fourth-order valence-electron chi connectivity index (χ4n) is 3.79. The SMILES string of the molecule is CCOC(=O)C1=C(C(=O)OCC)[C@@]2(CCCCC2=O)[C@@H]1C(=O)OCC. The number of carbonyl (C=O) groups excluding carboxylic acids is 4. The van der Waals surface area contributed by atoms with Crippen LogP contribution < -0.4 is 0 Å². The van der Waals surface area contributed by atoms with Crippen LogP contribution in [0.4, 0.5) is 0 Å². The smallest absolute Gasteiger partial charge is 0.335 e. The van der Waals surface area contributed by atoms with Crippen molar-refractivity contribution in [1.82, 2.24) is 0 Å². The molecule has 0 N–H and O–H groups in total. The van der Waals surface area contributed by atoms with Crippen LogP contribution in [0.5, 0.6) is 0 Å². The summed E-state index contributed by atoms with van der Waals surface area (Å²) in [7, 11) is 0. The highest BCUT2D eigenvalue weighted by Crippen LogP contribution is 2.58. The lowest BCUT2D eigenvalue weighted by Gasteiger charge is -2.49. The Bertz CT molecular complexity index is 619. The third-order valence-corrected chi connectivity index (χ3v) is 4.72. The van der Waals surface area contributed by atoms with Crippen molar-refractivity contribution < 1.29 is 33.4 Å². The number of hydrogen-bond donors (Lipinski definition) is 0. The molecule has 1 spiro atoms. The molecule has 7 heteroatoms. The highest BCUT2D eigenvalue weighted by Gasteiger charge is 2.66. The van der Waals surface area contributed by atoms with Crippen molar-refractivity contribution in [1.29, 1.82) is 0 Å². The quantitative estimate of drug-likeness (QED) is 0.530. The van der Waals surface area contributed by atoms with Crippen LogP contribution in [0.2, 0.25) is 0 Å². The predicted octanol–water partition coefficient (Wildman–Crippen LogP) is 1.73. The summed E-state index contributed by atoms with van der Waals surface area (Å²) in [6, 6.07) is 0. The number of ether oxygens (including phenoxy) is 3. The molecule has 0 aliphatic heterocycles. The van der Waals surface area contributed by atoms with Crippen molar-refractivity contribution in [3.8, 4) is 0 Å². The molecule has 2 atom stereocenters. The van der Waals surface area contributed by atoms with Crippen molar-refractivity contribution in [3.63, 3.8) is 0 Å². The largest absolute Gasteiger partial charge is 0.465 e. The van der Waals surface area contributed by atoms with Gasteiger partial charge in [0.2, 0.25) is 0 Å². The lowest BCUT2D eigenvalue weighted by Crippen LogP contribution is -2.58. The molecule has 2 aliphatic carbocycles. The van der Waals surface area contributed by atoms with Gasteiger partial charge >= 0.3 is 17.9 Å². The zero-order chi connectivity index (χ0) is 18.6. The van der Waals surface area contributed by atoms with E-state index in [0.717, 1.165) is 0 Å². The van der Waals surface area contributed by atoms with Gasteiger partial charge in [0.25, 0.3) is 0 Å². The van der Waals surface area contributed by atoms with Crippen LogP contribution >= 0.6 is 0 Å². The van der Waals surface area contributed by atoms with E-state index < -0.39 is 29.2 Å². The fourth-order valence-corrected chi connectivity index (χ4v) is 3.79. The Hall–Kier alpha value is -2.18. The van der Waals surface area contributed by atoms with E-state index in [4.69, 9.17) is 14.2 Å². The number of carbonyl (C=O) groups is 4. The maximum absolute atomic E-state index is 12.8. The topological polar surface area (TPSA) is 96.0 Å². The van der Waals surface area contributed by atoms with Crippen molar-refractivity contribution in [2.24, 2.45) is 11.3 Å². The molecule has 2 rings (SSSR count). The Morgan fingerprint density at radius 2 is 1.56 bits per heavy atom. The van der Waals surface area contributed by atoms with Gasteiger partial charge in [-0.25, -0.2) is 9.59 Å². The average molecular weight is 352 g/mol. The minimum atomic E-state index is -1.32. The van der Waals surface area contributed by atoms with Crippen molar-refractivity contribution in [2.45, 2.75) is 46.5 Å². The van der Waals surface area contributed by atoms with E-state index >= 15 is 0 Å². The number of esters is 3. The molecule has 0 radical (unpaired) electrons. The Morgan fingerprint density at radius 1 is 0.960 bits per heavy atom. The number of ketones is 1. The maximum Gasteiger partial charge on any atom is 0.335 e. The minimum Gasteiger partial charge on any atom is -0.465 e. The number of hydrogen-bond acceptors (Lipinski definition) is 7. The Kier molecular flexibility index (Phi) is 5.98. The summed E-state index contributed by atoms with van der Waals surface area (Å²) in [5.41, 5.74) is -1.43. The zero-order valence-corrected chi connectivity index (χ0v) is 14.9. The Morgan fingerprint density at radius 3 is 2.12 bits per heavy atom. The molecule has 0 unspecified atom stereocenters. The molecule has 0 amide bonds. The molecule has 0 heterocycles. The predicted molar refractivity (Wildman–Crippen MR) is 86.3 cm³/mol. The summed E-state index contributed by atoms with van der Waals surface area (Å²) < 4.78 is 15.2. The molecule has 0 aromatic rings. The second-order valence-corrected chi connectivity index (χ2v) is 6.02. The van der Waals surface area contributed by atoms with Gasteiger partial charge in [-0.1, -0.05) is 6.42 Å². The molecular formula is C18H24O7. The van der Waals surface area contributed by atoms with Gasteiger partial charge in [-0.3, -0.25) is 9.59 Å². The first kappa shape index (κ1) is 19.1. The van der Waals surface area contributed by atoms with Gasteiger partial charge in [0.05, 0.1) is 36.4 Å². The van der Waals surface area contributed by atoms with Gasteiger partial charge in [0, 0.05) is 6.42 Å². The molecule has 138 valence electrons. The standard InChI is InChI=1S/C18H24O7/c1-4-23-15(20)12-13(16(21)24-5-2)18(10-8-7-9-11(18)19)14(12)17(22)25-6-3/h13H,4-10H2,1-3H3/t13-,18+/m0/s1. The van der Waals surface area contributed by atoms with E-state index in [1.165, 1.54) is 0 Å². The summed E-state index contributed by atoms with van der Waals surface area (Å²) in [5, 5.41) is 0. The van der Waals surface area contributed by atoms with E-state index in [-0.39, 0.29) is 43.2 Å². The Balaban J connectivity index is 2.59. The van der Waals surface area contributed by atoms with E-state index in [1.54, 1.807) is 20.8 Å². The van der Waals surface area contributed by atoms with Crippen LogP contribution in [0.15, 0.2) is 11.1 Å². The van der Waals surface area contributed by atoms with Gasteiger partial charge in [-0.15, -0.1) is 0 Å². The summed E-state index contributed by atoms with van der Waals surface area (Å²) in [4.78, 5) is 50.2. The zero-order valence-electron chi connectivity index (χ0n) is 14.9. The van der Waals surface area contributed by atoms with Crippen molar-refractivity contribution >= 4 is 23.7 Å². The molecule has 7 nitrogen and oxygen atoms in total. The second kappa shape index (κ2) is 7.80. The first-order valence-corrected chi connectivity index (χ1v) is 8.74. The van der Waals surface area contributed by atoms with Crippen LogP contribution in [-0.2, 0) is 33.4 Å². The summed E-state index contributed by atoms with van der Waals surface area (Å²) >= 11 is 0. The molecule has 1 saturated carbocycles. The molecule has 1 fully saturated rings. The highest BCUT2D eigenvalue weighted by molar-refractivity contribution is 6.16. The second-order valence-electron chi connectivity index (χ2n) is 6.02. The third-order valence-electron chi connectivity index (χ3n) is 4.72. The van der Waals surface area contributed by atoms with Crippen LogP contribution in [0.3, 0.4) is 0 Å². The van der Waals surface area contributed by atoms with Gasteiger partial charge in [-0.2, -0.15) is 0 Å². The van der Waals surface area contributed by atoms with Gasteiger partial charge in [-0.05, 0) is 33.6 Å². The van der Waals surface area contributed by atoms with Crippen LogP contribution in [0.1, 0.15) is 46.5 Å². The summed E-state index contributed by atoms with van der Waals surface area (Å²) in [5.74, 6) is -3.49. The monoisotopic (exact) mass is 352 g/mol. The van der Waals surface area contributed by atoms with Crippen LogP contribution in [-0.4, -0.2) is 43.5 Å². The van der Waals surface area contributed by atoms with E-state index in [0.29, 0.717) is 19.3 Å². The van der Waals surface area contributed by atoms with Gasteiger partial charge in [0.15, 0.2) is 0 Å². The molecule has 25 heavy (non-hydrogen) atoms. The van der Waals surface area contributed by atoms with E-state index in [2.05, 4.69) is 0 Å². The molecule has 0 bridgehead atoms. The number of rotatable bonds is 6. The van der Waals surface area contributed by atoms with Crippen LogP contribution in [0, 0.1) is 11.3 Å². The molecular weight excluding hydrogens is 328 g/mol. The third kappa shape index (κ3) is 3.07. The molecule has 0 saturated heterocycles. The van der Waals surface area contributed by atoms with Crippen molar-refractivity contribution in [3.05, 3.63) is 11.1 Å². The van der Waals surface area contributed by atoms with E-state index in [1.807, 2.05) is 0 Å². The maximum atomic E-state index is 12.8. The highest BCUT2D eigenvalue weighted by atomic mass is 16.5. The first-order valence-electron chi connectivity index (χ1n) is 8.74. The molecule has 2 aliphatic rings. The van der Waals surface area contributed by atoms with E-state index in [9.17, 15) is 19.2 Å². The van der Waals surface area contributed by atoms with Gasteiger partial charge in [0.1, 0.15) is 11.7 Å². The lowest BCUT2D eigenvalue weighted by atomic mass is 9.50. The first-order chi connectivity index (χ1) is 11.9. The number of Topliss-reactive ketones (excluding diaryl/α,β-unsaturated/α-hetero) is 1. The average Bonchev–Trinajstić information content (AvgIpc) is 2.54. The summed E-state index contributed by atoms with van der Waals surface area (Å²) in [6.45, 7) is 5.22. The van der Waals surface area contributed by atoms with Crippen molar-refractivity contribution in [2.75, 3.05) is 19.8 Å². The fraction of sp³-hybridized carbons (Fsp3) is 0.667. The van der Waals surface area contributed by atoms with Gasteiger partial charge < -0.3 is 14.2 Å². The van der Waals surface area contributed by atoms with Crippen LogP contribution in [0.25, 0.3) is 0 Å². The normalized spacial score (nSPS) is 25.4. The lowest BCUT2D eigenvalue weighted by molar-refractivity contribution is -0.164. The molecule has 0 aromatic carbocycles. The Labute approximate surface area is 146 Å². The molecule has 0 aromatic heterocycles.